The highest BCUT2D eigenvalue weighted by Gasteiger charge is 2.37. The maximum absolute atomic E-state index is 12.1. The van der Waals surface area contributed by atoms with Crippen LogP contribution < -0.4 is 10.6 Å². The molecule has 0 aliphatic carbocycles. The van der Waals surface area contributed by atoms with E-state index in [1.807, 2.05) is 0 Å². The van der Waals surface area contributed by atoms with E-state index in [4.69, 9.17) is 0 Å². The Hall–Kier alpha value is -1.49. The van der Waals surface area contributed by atoms with Crippen LogP contribution in [-0.4, -0.2) is 28.5 Å². The van der Waals surface area contributed by atoms with Gasteiger partial charge in [0.1, 0.15) is 0 Å². The van der Waals surface area contributed by atoms with Crippen LogP contribution in [0.15, 0.2) is 18.5 Å². The highest BCUT2D eigenvalue weighted by atomic mass is 16.2. The molecule has 0 radical (unpaired) electrons. The van der Waals surface area contributed by atoms with Gasteiger partial charge in [-0.3, -0.25) is 10.1 Å². The Morgan fingerprint density at radius 1 is 1.47 bits per heavy atom. The lowest BCUT2D eigenvalue weighted by Gasteiger charge is -2.37. The number of hydrogen-bond acceptors (Lipinski definition) is 4. The minimum absolute atomic E-state index is 0.0306. The van der Waals surface area contributed by atoms with E-state index in [2.05, 4.69) is 34.4 Å². The average Bonchev–Trinajstić information content (AvgIpc) is 2.29. The molecule has 1 aliphatic rings. The molecule has 5 nitrogen and oxygen atoms in total. The van der Waals surface area contributed by atoms with Crippen LogP contribution in [0.5, 0.6) is 0 Å². The van der Waals surface area contributed by atoms with Crippen LogP contribution in [-0.2, 0) is 4.79 Å². The van der Waals surface area contributed by atoms with Gasteiger partial charge in [-0.2, -0.15) is 0 Å². The van der Waals surface area contributed by atoms with E-state index < -0.39 is 0 Å². The summed E-state index contributed by atoms with van der Waals surface area (Å²) < 4.78 is 0. The van der Waals surface area contributed by atoms with Crippen molar-refractivity contribution in [3.8, 4) is 0 Å². The molecule has 92 valence electrons. The fourth-order valence-corrected chi connectivity index (χ4v) is 2.20. The molecule has 1 aromatic heterocycles. The molecule has 2 rings (SSSR count). The zero-order valence-corrected chi connectivity index (χ0v) is 10.2. The molecule has 2 N–H and O–H groups in total. The van der Waals surface area contributed by atoms with E-state index >= 15 is 0 Å². The zero-order valence-electron chi connectivity index (χ0n) is 10.2. The van der Waals surface area contributed by atoms with E-state index in [-0.39, 0.29) is 17.4 Å². The summed E-state index contributed by atoms with van der Waals surface area (Å²) in [6.45, 7) is 5.10. The largest absolute Gasteiger partial charge is 0.305 e. The SMILES string of the molecule is CC1(C)CCCNC1C(=O)Nc1ncccn1. The van der Waals surface area contributed by atoms with Crippen LogP contribution in [0, 0.1) is 5.41 Å². The Kier molecular flexibility index (Phi) is 3.38. The molecule has 0 aromatic carbocycles. The second-order valence-corrected chi connectivity index (χ2v) is 5.04. The van der Waals surface area contributed by atoms with Crippen molar-refractivity contribution >= 4 is 11.9 Å². The summed E-state index contributed by atoms with van der Waals surface area (Å²) in [4.78, 5) is 20.1. The summed E-state index contributed by atoms with van der Waals surface area (Å²) >= 11 is 0. The Balaban J connectivity index is 2.04. The first-order chi connectivity index (χ1) is 8.09. The lowest BCUT2D eigenvalue weighted by Crippen LogP contribution is -2.53. The number of rotatable bonds is 2. The van der Waals surface area contributed by atoms with Crippen LogP contribution in [0.2, 0.25) is 0 Å². The second kappa shape index (κ2) is 4.79. The second-order valence-electron chi connectivity index (χ2n) is 5.04. The summed E-state index contributed by atoms with van der Waals surface area (Å²) in [6, 6.07) is 1.54. The number of anilines is 1. The number of amides is 1. The van der Waals surface area contributed by atoms with Gasteiger partial charge in [0.15, 0.2) is 0 Å². The number of piperidine rings is 1. The number of carbonyl (C=O) groups is 1. The van der Waals surface area contributed by atoms with Crippen LogP contribution in [0.4, 0.5) is 5.95 Å². The number of nitrogens with one attached hydrogen (secondary N) is 2. The molecule has 0 spiro atoms. The molecule has 2 heterocycles. The standard InChI is InChI=1S/C12H18N4O/c1-12(2)5-3-6-13-9(12)10(17)16-11-14-7-4-8-15-11/h4,7-9,13H,3,5-6H2,1-2H3,(H,14,15,16,17). The molecule has 1 aromatic rings. The predicted molar refractivity (Wildman–Crippen MR) is 65.5 cm³/mol. The van der Waals surface area contributed by atoms with Crippen molar-refractivity contribution in [2.24, 2.45) is 5.41 Å². The highest BCUT2D eigenvalue weighted by molar-refractivity contribution is 5.94. The van der Waals surface area contributed by atoms with E-state index in [0.717, 1.165) is 19.4 Å². The summed E-state index contributed by atoms with van der Waals surface area (Å²) in [7, 11) is 0. The monoisotopic (exact) mass is 234 g/mol. The van der Waals surface area contributed by atoms with Crippen molar-refractivity contribution < 1.29 is 4.79 Å². The Labute approximate surface area is 101 Å². The van der Waals surface area contributed by atoms with E-state index in [1.54, 1.807) is 18.5 Å². The number of carbonyl (C=O) groups excluding carboxylic acids is 1. The number of aromatic nitrogens is 2. The van der Waals surface area contributed by atoms with Gasteiger partial charge in [0.25, 0.3) is 0 Å². The molecule has 1 atom stereocenters. The van der Waals surface area contributed by atoms with Gasteiger partial charge in [0, 0.05) is 12.4 Å². The predicted octanol–water partition coefficient (Wildman–Crippen LogP) is 1.19. The molecule has 1 amide bonds. The van der Waals surface area contributed by atoms with Gasteiger partial charge in [0.2, 0.25) is 11.9 Å². The Morgan fingerprint density at radius 3 is 2.82 bits per heavy atom. The average molecular weight is 234 g/mol. The summed E-state index contributed by atoms with van der Waals surface area (Å²) in [5, 5.41) is 6.01. The zero-order chi connectivity index (χ0) is 12.3. The van der Waals surface area contributed by atoms with Crippen LogP contribution in [0.25, 0.3) is 0 Å². The topological polar surface area (TPSA) is 66.9 Å². The summed E-state index contributed by atoms with van der Waals surface area (Å²) in [6.07, 6.45) is 5.39. The summed E-state index contributed by atoms with van der Waals surface area (Å²) in [5.41, 5.74) is -0.0306. The normalized spacial score (nSPS) is 23.1. The third-order valence-corrected chi connectivity index (χ3v) is 3.19. The maximum Gasteiger partial charge on any atom is 0.244 e. The van der Waals surface area contributed by atoms with Crippen molar-refractivity contribution in [2.75, 3.05) is 11.9 Å². The Bertz CT molecular complexity index is 391. The lowest BCUT2D eigenvalue weighted by molar-refractivity contribution is -0.121. The minimum atomic E-state index is -0.181. The first kappa shape index (κ1) is 12.0. The van der Waals surface area contributed by atoms with Crippen molar-refractivity contribution in [3.63, 3.8) is 0 Å². The number of nitrogens with zero attached hydrogens (tertiary/aromatic N) is 2. The minimum Gasteiger partial charge on any atom is -0.305 e. The molecule has 0 bridgehead atoms. The maximum atomic E-state index is 12.1. The Morgan fingerprint density at radius 2 is 2.18 bits per heavy atom. The van der Waals surface area contributed by atoms with E-state index in [9.17, 15) is 4.79 Å². The molecule has 5 heteroatoms. The quantitative estimate of drug-likeness (QED) is 0.806. The number of hydrogen-bond donors (Lipinski definition) is 2. The smallest absolute Gasteiger partial charge is 0.244 e. The van der Waals surface area contributed by atoms with Gasteiger partial charge >= 0.3 is 0 Å². The van der Waals surface area contributed by atoms with Crippen LogP contribution in [0.1, 0.15) is 26.7 Å². The lowest BCUT2D eigenvalue weighted by atomic mass is 9.77. The first-order valence-corrected chi connectivity index (χ1v) is 5.91. The van der Waals surface area contributed by atoms with E-state index in [1.165, 1.54) is 0 Å². The fourth-order valence-electron chi connectivity index (χ4n) is 2.20. The third-order valence-electron chi connectivity index (χ3n) is 3.19. The molecule has 1 fully saturated rings. The van der Waals surface area contributed by atoms with E-state index in [0.29, 0.717) is 5.95 Å². The molecule has 0 saturated carbocycles. The molecule has 1 aliphatic heterocycles. The van der Waals surface area contributed by atoms with Crippen molar-refractivity contribution in [1.29, 1.82) is 0 Å². The van der Waals surface area contributed by atoms with Crippen LogP contribution in [0.3, 0.4) is 0 Å². The summed E-state index contributed by atoms with van der Waals surface area (Å²) in [5.74, 6) is 0.307. The van der Waals surface area contributed by atoms with Crippen LogP contribution >= 0.6 is 0 Å². The highest BCUT2D eigenvalue weighted by Crippen LogP contribution is 2.30. The van der Waals surface area contributed by atoms with Gasteiger partial charge < -0.3 is 5.32 Å². The van der Waals surface area contributed by atoms with Crippen molar-refractivity contribution in [3.05, 3.63) is 18.5 Å². The van der Waals surface area contributed by atoms with Gasteiger partial charge in [-0.1, -0.05) is 13.8 Å². The van der Waals surface area contributed by atoms with Crippen molar-refractivity contribution in [2.45, 2.75) is 32.7 Å². The van der Waals surface area contributed by atoms with Gasteiger partial charge in [-0.15, -0.1) is 0 Å². The fraction of sp³-hybridized carbons (Fsp3) is 0.583. The molecule has 17 heavy (non-hydrogen) atoms. The molecule has 1 unspecified atom stereocenters. The molecule has 1 saturated heterocycles. The van der Waals surface area contributed by atoms with Gasteiger partial charge in [-0.25, -0.2) is 9.97 Å². The molecular formula is C12H18N4O. The third kappa shape index (κ3) is 2.79. The van der Waals surface area contributed by atoms with Crippen molar-refractivity contribution in [1.82, 2.24) is 15.3 Å². The first-order valence-electron chi connectivity index (χ1n) is 5.91. The molecular weight excluding hydrogens is 216 g/mol. The van der Waals surface area contributed by atoms with Gasteiger partial charge in [0.05, 0.1) is 6.04 Å². The van der Waals surface area contributed by atoms with Gasteiger partial charge in [-0.05, 0) is 30.9 Å².